The van der Waals surface area contributed by atoms with Crippen molar-refractivity contribution >= 4 is 28.7 Å². The molecule has 0 atom stereocenters. The summed E-state index contributed by atoms with van der Waals surface area (Å²) >= 11 is 0. The van der Waals surface area contributed by atoms with Gasteiger partial charge in [-0.05, 0) is 23.8 Å². The monoisotopic (exact) mass is 365 g/mol. The topological polar surface area (TPSA) is 134 Å². The Hall–Kier alpha value is -3.68. The highest BCUT2D eigenvalue weighted by Crippen LogP contribution is 2.17. The van der Waals surface area contributed by atoms with E-state index in [1.165, 1.54) is 0 Å². The number of nitrogens with one attached hydrogen (secondary N) is 2. The number of carbonyl (C=O) groups is 2. The highest BCUT2D eigenvalue weighted by molar-refractivity contribution is 5.97. The highest BCUT2D eigenvalue weighted by Gasteiger charge is 2.10. The van der Waals surface area contributed by atoms with Gasteiger partial charge in [0.05, 0.1) is 23.8 Å². The van der Waals surface area contributed by atoms with Crippen molar-refractivity contribution in [1.82, 2.24) is 14.9 Å². The molecule has 0 aliphatic rings. The number of aliphatic carboxylic acids is 1. The Labute approximate surface area is 155 Å². The Morgan fingerprint density at radius 3 is 2.52 bits per heavy atom. The molecule has 0 radical (unpaired) electrons. The number of hydrogen-bond acceptors (Lipinski definition) is 4. The number of amidine groups is 1. The average molecular weight is 365 g/mol. The van der Waals surface area contributed by atoms with E-state index in [1.54, 1.807) is 30.6 Å². The second kappa shape index (κ2) is 7.69. The maximum Gasteiger partial charge on any atom is 0.305 e. The minimum absolute atomic E-state index is 0.0313. The molecule has 1 heterocycles. The Morgan fingerprint density at radius 1 is 1.15 bits per heavy atom. The smallest absolute Gasteiger partial charge is 0.305 e. The third-order valence-electron chi connectivity index (χ3n) is 4.13. The van der Waals surface area contributed by atoms with Gasteiger partial charge in [-0.2, -0.15) is 0 Å². The molecule has 2 aromatic carbocycles. The summed E-state index contributed by atoms with van der Waals surface area (Å²) in [4.78, 5) is 27.0. The van der Waals surface area contributed by atoms with Crippen LogP contribution in [0, 0.1) is 5.41 Å². The van der Waals surface area contributed by atoms with Crippen LogP contribution in [-0.2, 0) is 11.3 Å². The van der Waals surface area contributed by atoms with Crippen molar-refractivity contribution in [2.75, 3.05) is 6.54 Å². The lowest BCUT2D eigenvalue weighted by molar-refractivity contribution is -0.136. The Bertz CT molecular complexity index is 1010. The van der Waals surface area contributed by atoms with Crippen molar-refractivity contribution in [2.24, 2.45) is 5.73 Å². The van der Waals surface area contributed by atoms with Gasteiger partial charge in [-0.15, -0.1) is 0 Å². The molecule has 0 aliphatic heterocycles. The Morgan fingerprint density at radius 2 is 1.85 bits per heavy atom. The average Bonchev–Trinajstić information content (AvgIpc) is 3.04. The zero-order chi connectivity index (χ0) is 19.4. The first-order chi connectivity index (χ1) is 12.9. The molecule has 0 aliphatic carbocycles. The van der Waals surface area contributed by atoms with Crippen molar-refractivity contribution in [3.8, 4) is 0 Å². The van der Waals surface area contributed by atoms with E-state index in [9.17, 15) is 9.59 Å². The van der Waals surface area contributed by atoms with E-state index in [0.29, 0.717) is 23.2 Å². The summed E-state index contributed by atoms with van der Waals surface area (Å²) in [5, 5.41) is 18.6. The van der Waals surface area contributed by atoms with E-state index < -0.39 is 5.97 Å². The van der Waals surface area contributed by atoms with Gasteiger partial charge in [0.25, 0.3) is 5.91 Å². The van der Waals surface area contributed by atoms with Crippen LogP contribution < -0.4 is 11.1 Å². The number of carbonyl (C=O) groups excluding carboxylic acids is 1. The quantitative estimate of drug-likeness (QED) is 0.372. The van der Waals surface area contributed by atoms with Crippen LogP contribution in [0.25, 0.3) is 11.0 Å². The van der Waals surface area contributed by atoms with Crippen molar-refractivity contribution in [2.45, 2.75) is 13.0 Å². The van der Waals surface area contributed by atoms with Crippen LogP contribution in [0.15, 0.2) is 48.8 Å². The van der Waals surface area contributed by atoms with Crippen LogP contribution in [0.5, 0.6) is 0 Å². The van der Waals surface area contributed by atoms with Gasteiger partial charge in [-0.1, -0.05) is 24.3 Å². The van der Waals surface area contributed by atoms with Gasteiger partial charge in [-0.25, -0.2) is 4.98 Å². The molecule has 138 valence electrons. The van der Waals surface area contributed by atoms with E-state index in [4.69, 9.17) is 16.2 Å². The van der Waals surface area contributed by atoms with E-state index >= 15 is 0 Å². The third kappa shape index (κ3) is 4.30. The van der Waals surface area contributed by atoms with Gasteiger partial charge in [0, 0.05) is 24.2 Å². The normalized spacial score (nSPS) is 10.7. The van der Waals surface area contributed by atoms with Gasteiger partial charge in [0.2, 0.25) is 0 Å². The standard InChI is InChI=1S/C19H19N5O3/c20-18(21)13-3-1-12(2-4-13)10-24-11-23-15-9-14(5-6-16(15)24)19(27)22-8-7-17(25)26/h1-6,9,11H,7-8,10H2,(H3,20,21)(H,22,27)(H,25,26). The molecule has 27 heavy (non-hydrogen) atoms. The number of amides is 1. The Balaban J connectivity index is 1.74. The number of carboxylic acids is 1. The van der Waals surface area contributed by atoms with Crippen molar-refractivity contribution in [1.29, 1.82) is 5.41 Å². The van der Waals surface area contributed by atoms with Crippen LogP contribution in [0.4, 0.5) is 0 Å². The molecule has 0 saturated heterocycles. The van der Waals surface area contributed by atoms with Crippen LogP contribution >= 0.6 is 0 Å². The lowest BCUT2D eigenvalue weighted by Crippen LogP contribution is -2.25. The van der Waals surface area contributed by atoms with Crippen LogP contribution in [0.1, 0.15) is 27.9 Å². The molecule has 5 N–H and O–H groups in total. The summed E-state index contributed by atoms with van der Waals surface area (Å²) in [7, 11) is 0. The van der Waals surface area contributed by atoms with Crippen molar-refractivity contribution in [3.63, 3.8) is 0 Å². The van der Waals surface area contributed by atoms with E-state index in [-0.39, 0.29) is 24.7 Å². The number of aromatic nitrogens is 2. The van der Waals surface area contributed by atoms with Gasteiger partial charge in [0.1, 0.15) is 5.84 Å². The summed E-state index contributed by atoms with van der Waals surface area (Å²) in [6.45, 7) is 0.676. The number of benzene rings is 2. The van der Waals surface area contributed by atoms with Gasteiger partial charge >= 0.3 is 5.97 Å². The number of rotatable bonds is 7. The minimum Gasteiger partial charge on any atom is -0.481 e. The molecule has 0 saturated carbocycles. The number of fused-ring (bicyclic) bond motifs is 1. The summed E-state index contributed by atoms with van der Waals surface area (Å²) in [6.07, 6.45) is 1.58. The van der Waals surface area contributed by atoms with E-state index in [1.807, 2.05) is 22.8 Å². The molecule has 3 rings (SSSR count). The summed E-state index contributed by atoms with van der Waals surface area (Å²) in [6, 6.07) is 12.6. The Kier molecular flexibility index (Phi) is 5.16. The predicted octanol–water partition coefficient (Wildman–Crippen LogP) is 1.57. The van der Waals surface area contributed by atoms with E-state index in [0.717, 1.165) is 11.1 Å². The summed E-state index contributed by atoms with van der Waals surface area (Å²) in [5.41, 5.74) is 9.17. The van der Waals surface area contributed by atoms with Crippen molar-refractivity contribution in [3.05, 3.63) is 65.5 Å². The maximum absolute atomic E-state index is 12.1. The van der Waals surface area contributed by atoms with Crippen LogP contribution in [0.2, 0.25) is 0 Å². The number of nitrogen functional groups attached to an aromatic ring is 1. The molecular formula is C19H19N5O3. The molecule has 0 bridgehead atoms. The largest absolute Gasteiger partial charge is 0.481 e. The number of nitrogens with zero attached hydrogens (tertiary/aromatic N) is 2. The SMILES string of the molecule is N=C(N)c1ccc(Cn2cnc3cc(C(=O)NCCC(=O)O)ccc32)cc1. The van der Waals surface area contributed by atoms with Gasteiger partial charge < -0.3 is 20.7 Å². The lowest BCUT2D eigenvalue weighted by Gasteiger charge is -2.07. The molecule has 3 aromatic rings. The number of imidazole rings is 1. The molecular weight excluding hydrogens is 346 g/mol. The maximum atomic E-state index is 12.1. The van der Waals surface area contributed by atoms with E-state index in [2.05, 4.69) is 10.3 Å². The molecule has 1 aromatic heterocycles. The third-order valence-corrected chi connectivity index (χ3v) is 4.13. The molecule has 0 spiro atoms. The first-order valence-corrected chi connectivity index (χ1v) is 8.32. The number of hydrogen-bond donors (Lipinski definition) is 4. The minimum atomic E-state index is -0.958. The molecule has 8 heteroatoms. The second-order valence-corrected chi connectivity index (χ2v) is 6.09. The zero-order valence-electron chi connectivity index (χ0n) is 14.5. The zero-order valence-corrected chi connectivity index (χ0v) is 14.5. The first kappa shape index (κ1) is 18.1. The molecule has 0 unspecified atom stereocenters. The second-order valence-electron chi connectivity index (χ2n) is 6.09. The first-order valence-electron chi connectivity index (χ1n) is 8.32. The molecule has 1 amide bonds. The van der Waals surface area contributed by atoms with Crippen molar-refractivity contribution < 1.29 is 14.7 Å². The fourth-order valence-corrected chi connectivity index (χ4v) is 2.70. The fraction of sp³-hybridized carbons (Fsp3) is 0.158. The molecule has 0 fully saturated rings. The van der Waals surface area contributed by atoms with Crippen LogP contribution in [0.3, 0.4) is 0 Å². The van der Waals surface area contributed by atoms with Gasteiger partial charge in [-0.3, -0.25) is 15.0 Å². The highest BCUT2D eigenvalue weighted by atomic mass is 16.4. The van der Waals surface area contributed by atoms with Gasteiger partial charge in [0.15, 0.2) is 0 Å². The summed E-state index contributed by atoms with van der Waals surface area (Å²) < 4.78 is 1.96. The lowest BCUT2D eigenvalue weighted by atomic mass is 10.1. The molecule has 8 nitrogen and oxygen atoms in total. The number of carboxylic acid groups (broad SMARTS) is 1. The fourth-order valence-electron chi connectivity index (χ4n) is 2.70. The number of nitrogens with two attached hydrogens (primary N) is 1. The summed E-state index contributed by atoms with van der Waals surface area (Å²) in [5.74, 6) is -1.25. The van der Waals surface area contributed by atoms with Crippen LogP contribution in [-0.4, -0.2) is 38.9 Å². The predicted molar refractivity (Wildman–Crippen MR) is 101 cm³/mol.